The van der Waals surface area contributed by atoms with Gasteiger partial charge in [-0.2, -0.15) is 4.98 Å². The standard InChI is InChI=1S/C19H21ClN4S/c1-3-13-4-6-14(7-5-13)15-12(2)25-18-16(15)17(22-19(20)23-18)24-10-8-21-9-11-24/h4-7,21H,3,8-11H2,1-2H3. The fraction of sp³-hybridized carbons (Fsp3) is 0.368. The summed E-state index contributed by atoms with van der Waals surface area (Å²) in [6.45, 7) is 8.14. The highest BCUT2D eigenvalue weighted by atomic mass is 35.5. The molecule has 1 aliphatic heterocycles. The second-order valence-corrected chi connectivity index (χ2v) is 7.86. The molecule has 6 heteroatoms. The number of benzene rings is 1. The van der Waals surface area contributed by atoms with Gasteiger partial charge in [-0.1, -0.05) is 31.2 Å². The zero-order chi connectivity index (χ0) is 17.4. The van der Waals surface area contributed by atoms with Crippen molar-refractivity contribution in [3.63, 3.8) is 0 Å². The van der Waals surface area contributed by atoms with Crippen LogP contribution in [-0.4, -0.2) is 36.1 Å². The predicted octanol–water partition coefficient (Wildman–Crippen LogP) is 4.29. The van der Waals surface area contributed by atoms with E-state index >= 15 is 0 Å². The Morgan fingerprint density at radius 1 is 1.16 bits per heavy atom. The monoisotopic (exact) mass is 372 g/mol. The van der Waals surface area contributed by atoms with Crippen molar-refractivity contribution >= 4 is 39.0 Å². The number of nitrogens with zero attached hydrogens (tertiary/aromatic N) is 3. The summed E-state index contributed by atoms with van der Waals surface area (Å²) in [7, 11) is 0. The van der Waals surface area contributed by atoms with Crippen molar-refractivity contribution in [3.8, 4) is 11.1 Å². The van der Waals surface area contributed by atoms with Crippen LogP contribution < -0.4 is 10.2 Å². The van der Waals surface area contributed by atoms with Crippen LogP contribution in [0.3, 0.4) is 0 Å². The van der Waals surface area contributed by atoms with E-state index in [9.17, 15) is 0 Å². The molecule has 1 saturated heterocycles. The van der Waals surface area contributed by atoms with Gasteiger partial charge in [-0.3, -0.25) is 0 Å². The molecule has 130 valence electrons. The van der Waals surface area contributed by atoms with E-state index in [0.717, 1.165) is 48.6 Å². The van der Waals surface area contributed by atoms with Crippen molar-refractivity contribution in [3.05, 3.63) is 40.0 Å². The van der Waals surface area contributed by atoms with Gasteiger partial charge >= 0.3 is 0 Å². The van der Waals surface area contributed by atoms with E-state index in [0.29, 0.717) is 5.28 Å². The van der Waals surface area contributed by atoms with Crippen molar-refractivity contribution in [2.75, 3.05) is 31.1 Å². The lowest BCUT2D eigenvalue weighted by atomic mass is 10.0. The molecule has 0 radical (unpaired) electrons. The van der Waals surface area contributed by atoms with Crippen molar-refractivity contribution in [2.24, 2.45) is 0 Å². The second-order valence-electron chi connectivity index (χ2n) is 6.32. The SMILES string of the molecule is CCc1ccc(-c2c(C)sc3nc(Cl)nc(N4CCNCC4)c23)cc1. The average Bonchev–Trinajstić information content (AvgIpc) is 2.97. The first kappa shape index (κ1) is 16.8. The molecule has 3 heterocycles. The molecule has 2 aromatic heterocycles. The van der Waals surface area contributed by atoms with Crippen LogP contribution in [0.25, 0.3) is 21.3 Å². The molecule has 1 aromatic carbocycles. The quantitative estimate of drug-likeness (QED) is 0.696. The minimum Gasteiger partial charge on any atom is -0.353 e. The van der Waals surface area contributed by atoms with E-state index in [1.54, 1.807) is 11.3 Å². The Morgan fingerprint density at radius 3 is 2.56 bits per heavy atom. The number of hydrogen-bond donors (Lipinski definition) is 1. The predicted molar refractivity (Wildman–Crippen MR) is 107 cm³/mol. The van der Waals surface area contributed by atoms with Gasteiger partial charge < -0.3 is 10.2 Å². The van der Waals surface area contributed by atoms with Crippen LogP contribution in [0.2, 0.25) is 5.28 Å². The molecule has 0 spiro atoms. The van der Waals surface area contributed by atoms with Gasteiger partial charge in [0.05, 0.1) is 5.39 Å². The molecule has 25 heavy (non-hydrogen) atoms. The normalized spacial score (nSPS) is 15.1. The first-order chi connectivity index (χ1) is 12.2. The Labute approximate surface area is 156 Å². The van der Waals surface area contributed by atoms with Crippen LogP contribution in [0.15, 0.2) is 24.3 Å². The van der Waals surface area contributed by atoms with E-state index in [1.807, 2.05) is 0 Å². The van der Waals surface area contributed by atoms with Crippen molar-refractivity contribution in [2.45, 2.75) is 20.3 Å². The first-order valence-corrected chi connectivity index (χ1v) is 9.88. The summed E-state index contributed by atoms with van der Waals surface area (Å²) in [6.07, 6.45) is 1.05. The van der Waals surface area contributed by atoms with E-state index in [4.69, 9.17) is 11.6 Å². The average molecular weight is 373 g/mol. The Bertz CT molecular complexity index is 898. The number of aryl methyl sites for hydroxylation is 2. The number of thiophene rings is 1. The molecule has 1 N–H and O–H groups in total. The van der Waals surface area contributed by atoms with Crippen molar-refractivity contribution < 1.29 is 0 Å². The highest BCUT2D eigenvalue weighted by molar-refractivity contribution is 7.19. The summed E-state index contributed by atoms with van der Waals surface area (Å²) in [6, 6.07) is 8.84. The summed E-state index contributed by atoms with van der Waals surface area (Å²) in [4.78, 5) is 13.7. The fourth-order valence-electron chi connectivity index (χ4n) is 3.43. The minimum atomic E-state index is 0.329. The van der Waals surface area contributed by atoms with Gasteiger partial charge in [-0.25, -0.2) is 4.98 Å². The Morgan fingerprint density at radius 2 is 1.88 bits per heavy atom. The maximum absolute atomic E-state index is 6.23. The number of piperazine rings is 1. The lowest BCUT2D eigenvalue weighted by Crippen LogP contribution is -2.44. The third kappa shape index (κ3) is 3.12. The highest BCUT2D eigenvalue weighted by Crippen LogP contribution is 2.42. The molecule has 0 saturated carbocycles. The molecule has 4 rings (SSSR count). The lowest BCUT2D eigenvalue weighted by molar-refractivity contribution is 0.586. The van der Waals surface area contributed by atoms with Crippen LogP contribution in [0, 0.1) is 6.92 Å². The van der Waals surface area contributed by atoms with Crippen LogP contribution >= 0.6 is 22.9 Å². The molecular weight excluding hydrogens is 352 g/mol. The van der Waals surface area contributed by atoms with Gasteiger partial charge in [-0.15, -0.1) is 11.3 Å². The van der Waals surface area contributed by atoms with Gasteiger partial charge in [0.15, 0.2) is 0 Å². The van der Waals surface area contributed by atoms with Crippen LogP contribution in [0.5, 0.6) is 0 Å². The topological polar surface area (TPSA) is 41.1 Å². The maximum atomic E-state index is 6.23. The van der Waals surface area contributed by atoms with Crippen molar-refractivity contribution in [1.82, 2.24) is 15.3 Å². The molecule has 4 nitrogen and oxygen atoms in total. The molecule has 0 bridgehead atoms. The summed E-state index contributed by atoms with van der Waals surface area (Å²) >= 11 is 7.93. The van der Waals surface area contributed by atoms with Gasteiger partial charge in [0.25, 0.3) is 0 Å². The smallest absolute Gasteiger partial charge is 0.225 e. The summed E-state index contributed by atoms with van der Waals surface area (Å²) in [5.41, 5.74) is 3.82. The van der Waals surface area contributed by atoms with Gasteiger partial charge in [-0.05, 0) is 36.1 Å². The zero-order valence-corrected chi connectivity index (χ0v) is 16.0. The molecule has 3 aromatic rings. The van der Waals surface area contributed by atoms with Crippen molar-refractivity contribution in [1.29, 1.82) is 0 Å². The molecule has 0 amide bonds. The van der Waals surface area contributed by atoms with E-state index in [1.165, 1.54) is 21.6 Å². The van der Waals surface area contributed by atoms with Crippen LogP contribution in [-0.2, 0) is 6.42 Å². The number of rotatable bonds is 3. The van der Waals surface area contributed by atoms with E-state index < -0.39 is 0 Å². The molecule has 0 unspecified atom stereocenters. The first-order valence-electron chi connectivity index (χ1n) is 8.69. The van der Waals surface area contributed by atoms with Crippen LogP contribution in [0.1, 0.15) is 17.4 Å². The van der Waals surface area contributed by atoms with E-state index in [-0.39, 0.29) is 0 Å². The molecule has 1 fully saturated rings. The number of halogens is 1. The third-order valence-corrected chi connectivity index (χ3v) is 5.92. The molecule has 0 aliphatic carbocycles. The summed E-state index contributed by atoms with van der Waals surface area (Å²) < 4.78 is 0. The summed E-state index contributed by atoms with van der Waals surface area (Å²) in [5.74, 6) is 0.968. The number of aromatic nitrogens is 2. The van der Waals surface area contributed by atoms with Gasteiger partial charge in [0, 0.05) is 36.6 Å². The Hall–Kier alpha value is -1.69. The largest absolute Gasteiger partial charge is 0.353 e. The number of nitrogens with one attached hydrogen (secondary N) is 1. The zero-order valence-electron chi connectivity index (χ0n) is 14.5. The van der Waals surface area contributed by atoms with Crippen LogP contribution in [0.4, 0.5) is 5.82 Å². The lowest BCUT2D eigenvalue weighted by Gasteiger charge is -2.29. The van der Waals surface area contributed by atoms with Gasteiger partial charge in [0.2, 0.25) is 5.28 Å². The number of anilines is 1. The molecule has 1 aliphatic rings. The third-order valence-electron chi connectivity index (χ3n) is 4.75. The highest BCUT2D eigenvalue weighted by Gasteiger charge is 2.22. The van der Waals surface area contributed by atoms with Gasteiger partial charge in [0.1, 0.15) is 10.6 Å². The van der Waals surface area contributed by atoms with E-state index in [2.05, 4.69) is 58.3 Å². The minimum absolute atomic E-state index is 0.329. The molecule has 0 atom stereocenters. The Balaban J connectivity index is 1.92. The second kappa shape index (κ2) is 6.90. The number of fused-ring (bicyclic) bond motifs is 1. The maximum Gasteiger partial charge on any atom is 0.225 e. The number of hydrogen-bond acceptors (Lipinski definition) is 5. The molecular formula is C19H21ClN4S. The summed E-state index contributed by atoms with van der Waals surface area (Å²) in [5, 5.41) is 4.86. The Kier molecular flexibility index (Phi) is 4.63. The fourth-order valence-corrected chi connectivity index (χ4v) is 4.68.